The fraction of sp³-hybridized carbons (Fsp3) is 0.692. The van der Waals surface area contributed by atoms with Crippen molar-refractivity contribution >= 4 is 27.3 Å². The summed E-state index contributed by atoms with van der Waals surface area (Å²) < 4.78 is 1.16. The molecule has 2 N–H and O–H groups in total. The molecular formula is C13H21BrN2OS. The standard InChI is InChI=1S/C13H21BrN2OS/c14-12-4-7-18-13(12)9-15-8-11(17)10-16-5-2-1-3-6-16/h4,7,11,15,17H,1-3,5-6,8-10H2. The molecule has 1 aromatic rings. The molecule has 1 atom stereocenters. The Hall–Kier alpha value is 0.0600. The van der Waals surface area contributed by atoms with E-state index >= 15 is 0 Å². The number of likely N-dealkylation sites (tertiary alicyclic amines) is 1. The summed E-state index contributed by atoms with van der Waals surface area (Å²) in [7, 11) is 0. The highest BCUT2D eigenvalue weighted by atomic mass is 79.9. The van der Waals surface area contributed by atoms with Crippen molar-refractivity contribution in [1.82, 2.24) is 10.2 Å². The number of thiophene rings is 1. The van der Waals surface area contributed by atoms with Crippen LogP contribution in [0.15, 0.2) is 15.9 Å². The third-order valence-electron chi connectivity index (χ3n) is 3.27. The molecule has 1 aliphatic heterocycles. The molecule has 3 nitrogen and oxygen atoms in total. The fourth-order valence-electron chi connectivity index (χ4n) is 2.31. The highest BCUT2D eigenvalue weighted by molar-refractivity contribution is 9.10. The third kappa shape index (κ3) is 4.63. The number of rotatable bonds is 6. The molecule has 102 valence electrons. The number of aliphatic hydroxyl groups excluding tert-OH is 1. The zero-order valence-corrected chi connectivity index (χ0v) is 13.0. The number of piperidine rings is 1. The van der Waals surface area contributed by atoms with Crippen LogP contribution in [-0.2, 0) is 6.54 Å². The zero-order chi connectivity index (χ0) is 12.8. The van der Waals surface area contributed by atoms with Crippen LogP contribution in [0.2, 0.25) is 0 Å². The molecular weight excluding hydrogens is 312 g/mol. The maximum atomic E-state index is 9.99. The number of hydrogen-bond donors (Lipinski definition) is 2. The van der Waals surface area contributed by atoms with E-state index in [9.17, 15) is 5.11 Å². The van der Waals surface area contributed by atoms with Gasteiger partial charge >= 0.3 is 0 Å². The van der Waals surface area contributed by atoms with Crippen molar-refractivity contribution in [3.8, 4) is 0 Å². The van der Waals surface area contributed by atoms with Crippen LogP contribution >= 0.6 is 27.3 Å². The molecule has 5 heteroatoms. The molecule has 0 radical (unpaired) electrons. The van der Waals surface area contributed by atoms with Gasteiger partial charge in [-0.05, 0) is 53.3 Å². The van der Waals surface area contributed by atoms with Gasteiger partial charge in [0, 0.05) is 29.0 Å². The molecule has 0 aliphatic carbocycles. The molecule has 2 heterocycles. The molecule has 2 rings (SSSR count). The van der Waals surface area contributed by atoms with Crippen LogP contribution in [0.25, 0.3) is 0 Å². The monoisotopic (exact) mass is 332 g/mol. The van der Waals surface area contributed by atoms with Crippen molar-refractivity contribution in [2.24, 2.45) is 0 Å². The molecule has 0 spiro atoms. The average molecular weight is 333 g/mol. The predicted octanol–water partition coefficient (Wildman–Crippen LogP) is 2.45. The summed E-state index contributed by atoms with van der Waals surface area (Å²) in [4.78, 5) is 3.66. The SMILES string of the molecule is OC(CNCc1sccc1Br)CN1CCCCC1. The Morgan fingerprint density at radius 3 is 2.83 bits per heavy atom. The minimum atomic E-state index is -0.262. The van der Waals surface area contributed by atoms with Gasteiger partial charge in [0.15, 0.2) is 0 Å². The van der Waals surface area contributed by atoms with E-state index in [0.29, 0.717) is 6.54 Å². The van der Waals surface area contributed by atoms with E-state index in [4.69, 9.17) is 0 Å². The molecule has 1 fully saturated rings. The van der Waals surface area contributed by atoms with Gasteiger partial charge in [-0.1, -0.05) is 6.42 Å². The van der Waals surface area contributed by atoms with Crippen LogP contribution in [0.1, 0.15) is 24.1 Å². The Bertz CT molecular complexity index is 353. The molecule has 1 unspecified atom stereocenters. The first-order chi connectivity index (χ1) is 8.75. The highest BCUT2D eigenvalue weighted by Gasteiger charge is 2.14. The largest absolute Gasteiger partial charge is 0.390 e. The second-order valence-corrected chi connectivity index (χ2v) is 6.69. The Morgan fingerprint density at radius 2 is 2.17 bits per heavy atom. The Morgan fingerprint density at radius 1 is 1.39 bits per heavy atom. The number of nitrogens with one attached hydrogen (secondary N) is 1. The number of nitrogens with zero attached hydrogens (tertiary/aromatic N) is 1. The van der Waals surface area contributed by atoms with Gasteiger partial charge < -0.3 is 15.3 Å². The number of aliphatic hydroxyl groups is 1. The van der Waals surface area contributed by atoms with Gasteiger partial charge in [-0.15, -0.1) is 11.3 Å². The van der Waals surface area contributed by atoms with Crippen LogP contribution in [0, 0.1) is 0 Å². The van der Waals surface area contributed by atoms with Crippen molar-refractivity contribution in [2.75, 3.05) is 26.2 Å². The summed E-state index contributed by atoms with van der Waals surface area (Å²) in [5.74, 6) is 0. The Kier molecular flexibility index (Phi) is 6.11. The normalized spacial score (nSPS) is 19.0. The van der Waals surface area contributed by atoms with E-state index in [1.807, 2.05) is 0 Å². The van der Waals surface area contributed by atoms with Crippen molar-refractivity contribution in [3.63, 3.8) is 0 Å². The third-order valence-corrected chi connectivity index (χ3v) is 5.20. The van der Waals surface area contributed by atoms with Crippen LogP contribution in [0.5, 0.6) is 0 Å². The summed E-state index contributed by atoms with van der Waals surface area (Å²) in [5.41, 5.74) is 0. The van der Waals surface area contributed by atoms with Crippen molar-refractivity contribution in [3.05, 3.63) is 20.8 Å². The zero-order valence-electron chi connectivity index (χ0n) is 10.6. The van der Waals surface area contributed by atoms with Gasteiger partial charge in [0.2, 0.25) is 0 Å². The van der Waals surface area contributed by atoms with Gasteiger partial charge in [0.05, 0.1) is 6.10 Å². The van der Waals surface area contributed by atoms with Crippen LogP contribution in [-0.4, -0.2) is 42.3 Å². The maximum absolute atomic E-state index is 9.99. The van der Waals surface area contributed by atoms with E-state index in [0.717, 1.165) is 30.7 Å². The van der Waals surface area contributed by atoms with Gasteiger partial charge in [-0.3, -0.25) is 0 Å². The smallest absolute Gasteiger partial charge is 0.0791 e. The fourth-order valence-corrected chi connectivity index (χ4v) is 3.77. The van der Waals surface area contributed by atoms with Crippen LogP contribution < -0.4 is 5.32 Å². The summed E-state index contributed by atoms with van der Waals surface area (Å²) in [6.45, 7) is 4.59. The summed E-state index contributed by atoms with van der Waals surface area (Å²) in [6.07, 6.45) is 3.64. The molecule has 0 amide bonds. The van der Waals surface area contributed by atoms with Gasteiger partial charge in [-0.2, -0.15) is 0 Å². The van der Waals surface area contributed by atoms with Crippen LogP contribution in [0.3, 0.4) is 0 Å². The number of hydrogen-bond acceptors (Lipinski definition) is 4. The second kappa shape index (κ2) is 7.60. The molecule has 1 saturated heterocycles. The van der Waals surface area contributed by atoms with E-state index in [-0.39, 0.29) is 6.10 Å². The van der Waals surface area contributed by atoms with E-state index in [1.165, 1.54) is 24.1 Å². The molecule has 0 saturated carbocycles. The topological polar surface area (TPSA) is 35.5 Å². The summed E-state index contributed by atoms with van der Waals surface area (Å²) in [6, 6.07) is 2.06. The predicted molar refractivity (Wildman–Crippen MR) is 80.0 cm³/mol. The molecule has 1 aromatic heterocycles. The van der Waals surface area contributed by atoms with E-state index in [2.05, 4.69) is 37.6 Å². The maximum Gasteiger partial charge on any atom is 0.0791 e. The quantitative estimate of drug-likeness (QED) is 0.839. The van der Waals surface area contributed by atoms with Crippen molar-refractivity contribution in [1.29, 1.82) is 0 Å². The van der Waals surface area contributed by atoms with Crippen LogP contribution in [0.4, 0.5) is 0 Å². The lowest BCUT2D eigenvalue weighted by Crippen LogP contribution is -2.40. The first-order valence-electron chi connectivity index (χ1n) is 6.58. The Labute approximate surface area is 121 Å². The van der Waals surface area contributed by atoms with Crippen molar-refractivity contribution < 1.29 is 5.11 Å². The molecule has 0 aromatic carbocycles. The second-order valence-electron chi connectivity index (χ2n) is 4.84. The van der Waals surface area contributed by atoms with Gasteiger partial charge in [0.1, 0.15) is 0 Å². The van der Waals surface area contributed by atoms with Gasteiger partial charge in [-0.25, -0.2) is 0 Å². The number of halogens is 1. The average Bonchev–Trinajstić information content (AvgIpc) is 2.76. The van der Waals surface area contributed by atoms with Gasteiger partial charge in [0.25, 0.3) is 0 Å². The lowest BCUT2D eigenvalue weighted by atomic mass is 10.1. The molecule has 0 bridgehead atoms. The lowest BCUT2D eigenvalue weighted by Gasteiger charge is -2.28. The van der Waals surface area contributed by atoms with E-state index < -0.39 is 0 Å². The number of β-amino-alcohol motifs (C(OH)–C–C–N with tert-alkyl or cyclic N) is 1. The molecule has 1 aliphatic rings. The lowest BCUT2D eigenvalue weighted by molar-refractivity contribution is 0.100. The Balaban J connectivity index is 1.62. The minimum absolute atomic E-state index is 0.262. The first kappa shape index (κ1) is 14.5. The van der Waals surface area contributed by atoms with Crippen molar-refractivity contribution in [2.45, 2.75) is 31.9 Å². The summed E-state index contributed by atoms with van der Waals surface area (Å²) in [5, 5.41) is 15.4. The molecule has 18 heavy (non-hydrogen) atoms. The van der Waals surface area contributed by atoms with E-state index in [1.54, 1.807) is 11.3 Å². The first-order valence-corrected chi connectivity index (χ1v) is 8.26. The minimum Gasteiger partial charge on any atom is -0.390 e. The summed E-state index contributed by atoms with van der Waals surface area (Å²) >= 11 is 5.25. The highest BCUT2D eigenvalue weighted by Crippen LogP contribution is 2.22.